The summed E-state index contributed by atoms with van der Waals surface area (Å²) in [6.07, 6.45) is 0. The van der Waals surface area contributed by atoms with Crippen molar-refractivity contribution < 1.29 is 28.2 Å². The lowest BCUT2D eigenvalue weighted by molar-refractivity contribution is 0.0594. The van der Waals surface area contributed by atoms with E-state index in [-0.39, 0.29) is 18.9 Å². The molecule has 2 N–H and O–H groups in total. The van der Waals surface area contributed by atoms with Crippen molar-refractivity contribution in [2.45, 2.75) is 6.04 Å². The molecule has 0 radical (unpaired) electrons. The van der Waals surface area contributed by atoms with E-state index in [1.54, 1.807) is 0 Å². The molecule has 0 fully saturated rings. The topological polar surface area (TPSA) is 67.8 Å². The smallest absolute Gasteiger partial charge is 0.340 e. The van der Waals surface area contributed by atoms with Crippen LogP contribution in [0, 0.1) is 11.6 Å². The SMILES string of the molecule is COCC(CO)Nc1ccc(C(=O)OC)c(F)c1F. The Balaban J connectivity index is 2.99. The van der Waals surface area contributed by atoms with Crippen molar-refractivity contribution in [3.63, 3.8) is 0 Å². The summed E-state index contributed by atoms with van der Waals surface area (Å²) in [5, 5.41) is 11.6. The third-order valence-electron chi connectivity index (χ3n) is 2.44. The van der Waals surface area contributed by atoms with Gasteiger partial charge in [-0.3, -0.25) is 0 Å². The number of anilines is 1. The number of rotatable bonds is 6. The van der Waals surface area contributed by atoms with Crippen LogP contribution in [0.3, 0.4) is 0 Å². The minimum Gasteiger partial charge on any atom is -0.465 e. The van der Waals surface area contributed by atoms with Gasteiger partial charge in [0.2, 0.25) is 0 Å². The minimum atomic E-state index is -1.30. The Morgan fingerprint density at radius 1 is 1.37 bits per heavy atom. The number of hydrogen-bond acceptors (Lipinski definition) is 5. The van der Waals surface area contributed by atoms with Crippen LogP contribution in [0.2, 0.25) is 0 Å². The van der Waals surface area contributed by atoms with E-state index in [4.69, 9.17) is 9.84 Å². The molecule has 0 aromatic heterocycles. The summed E-state index contributed by atoms with van der Waals surface area (Å²) in [6.45, 7) is -0.191. The van der Waals surface area contributed by atoms with Crippen molar-refractivity contribution in [3.05, 3.63) is 29.3 Å². The summed E-state index contributed by atoms with van der Waals surface area (Å²) >= 11 is 0. The van der Waals surface area contributed by atoms with Gasteiger partial charge in [0.25, 0.3) is 0 Å². The molecule has 0 aliphatic carbocycles. The third-order valence-corrected chi connectivity index (χ3v) is 2.44. The molecule has 19 heavy (non-hydrogen) atoms. The second kappa shape index (κ2) is 7.01. The fourth-order valence-corrected chi connectivity index (χ4v) is 1.49. The molecule has 1 rings (SSSR count). The molecule has 1 atom stereocenters. The van der Waals surface area contributed by atoms with Crippen LogP contribution >= 0.6 is 0 Å². The van der Waals surface area contributed by atoms with Crippen molar-refractivity contribution in [1.29, 1.82) is 0 Å². The Bertz CT molecular complexity index is 454. The fraction of sp³-hybridized carbons (Fsp3) is 0.417. The van der Waals surface area contributed by atoms with Crippen molar-refractivity contribution in [2.24, 2.45) is 0 Å². The van der Waals surface area contributed by atoms with E-state index in [2.05, 4.69) is 10.1 Å². The molecule has 0 spiro atoms. The van der Waals surface area contributed by atoms with E-state index in [1.807, 2.05) is 0 Å². The summed E-state index contributed by atoms with van der Waals surface area (Å²) in [4.78, 5) is 11.2. The molecule has 1 aromatic rings. The van der Waals surface area contributed by atoms with Gasteiger partial charge in [-0.25, -0.2) is 13.6 Å². The molecule has 0 saturated heterocycles. The number of benzene rings is 1. The maximum absolute atomic E-state index is 13.7. The molecule has 0 bridgehead atoms. The number of esters is 1. The number of nitrogens with one attached hydrogen (secondary N) is 1. The van der Waals surface area contributed by atoms with Gasteiger partial charge in [0, 0.05) is 7.11 Å². The van der Waals surface area contributed by atoms with Crippen molar-refractivity contribution >= 4 is 11.7 Å². The zero-order valence-corrected chi connectivity index (χ0v) is 10.6. The van der Waals surface area contributed by atoms with E-state index in [0.717, 1.165) is 13.2 Å². The molecular weight excluding hydrogens is 260 g/mol. The lowest BCUT2D eigenvalue weighted by atomic mass is 10.1. The Labute approximate surface area is 109 Å². The first-order valence-corrected chi connectivity index (χ1v) is 5.47. The first kappa shape index (κ1) is 15.3. The number of methoxy groups -OCH3 is 2. The van der Waals surface area contributed by atoms with E-state index in [9.17, 15) is 13.6 Å². The number of carbonyl (C=O) groups excluding carboxylic acids is 1. The molecule has 0 heterocycles. The molecule has 0 amide bonds. The summed E-state index contributed by atoms with van der Waals surface area (Å²) < 4.78 is 36.5. The van der Waals surface area contributed by atoms with Gasteiger partial charge in [-0.1, -0.05) is 0 Å². The van der Waals surface area contributed by atoms with Gasteiger partial charge in [-0.2, -0.15) is 0 Å². The molecule has 0 aliphatic rings. The van der Waals surface area contributed by atoms with Crippen LogP contribution < -0.4 is 5.32 Å². The fourth-order valence-electron chi connectivity index (χ4n) is 1.49. The highest BCUT2D eigenvalue weighted by Crippen LogP contribution is 2.21. The molecule has 106 valence electrons. The van der Waals surface area contributed by atoms with Gasteiger partial charge in [-0.15, -0.1) is 0 Å². The minimum absolute atomic E-state index is 0.121. The quantitative estimate of drug-likeness (QED) is 0.763. The van der Waals surface area contributed by atoms with E-state index < -0.39 is 29.2 Å². The highest BCUT2D eigenvalue weighted by molar-refractivity contribution is 5.90. The van der Waals surface area contributed by atoms with Gasteiger partial charge in [0.1, 0.15) is 0 Å². The first-order valence-electron chi connectivity index (χ1n) is 5.47. The Hall–Kier alpha value is -1.73. The maximum Gasteiger partial charge on any atom is 0.340 e. The molecule has 5 nitrogen and oxygen atoms in total. The molecule has 7 heteroatoms. The van der Waals surface area contributed by atoms with Crippen LogP contribution in [0.4, 0.5) is 14.5 Å². The van der Waals surface area contributed by atoms with Gasteiger partial charge in [0.05, 0.1) is 37.6 Å². The summed E-state index contributed by atoms with van der Waals surface area (Å²) in [7, 11) is 2.49. The van der Waals surface area contributed by atoms with Gasteiger partial charge in [-0.05, 0) is 12.1 Å². The first-order chi connectivity index (χ1) is 9.04. The van der Waals surface area contributed by atoms with Crippen LogP contribution in [-0.4, -0.2) is 44.6 Å². The Kier molecular flexibility index (Phi) is 5.65. The normalized spacial score (nSPS) is 12.1. The lowest BCUT2D eigenvalue weighted by Gasteiger charge is -2.17. The van der Waals surface area contributed by atoms with Gasteiger partial charge in [0.15, 0.2) is 11.6 Å². The average molecular weight is 275 g/mol. The largest absolute Gasteiger partial charge is 0.465 e. The van der Waals surface area contributed by atoms with Crippen molar-refractivity contribution in [3.8, 4) is 0 Å². The number of aliphatic hydroxyl groups excluding tert-OH is 1. The number of halogens is 2. The number of ether oxygens (including phenoxy) is 2. The van der Waals surface area contributed by atoms with Crippen LogP contribution in [-0.2, 0) is 9.47 Å². The van der Waals surface area contributed by atoms with E-state index >= 15 is 0 Å². The van der Waals surface area contributed by atoms with Crippen LogP contribution in [0.1, 0.15) is 10.4 Å². The number of aliphatic hydroxyl groups is 1. The standard InChI is InChI=1S/C12H15F2NO4/c1-18-6-7(5-16)15-9-4-3-8(12(17)19-2)10(13)11(9)14/h3-4,7,15-16H,5-6H2,1-2H3. The summed E-state index contributed by atoms with van der Waals surface area (Å²) in [5.41, 5.74) is -0.654. The second-order valence-corrected chi connectivity index (χ2v) is 3.76. The highest BCUT2D eigenvalue weighted by Gasteiger charge is 2.20. The highest BCUT2D eigenvalue weighted by atomic mass is 19.2. The van der Waals surface area contributed by atoms with Crippen molar-refractivity contribution in [1.82, 2.24) is 0 Å². The molecule has 0 saturated carbocycles. The number of hydrogen-bond donors (Lipinski definition) is 2. The van der Waals surface area contributed by atoms with Crippen LogP contribution in [0.25, 0.3) is 0 Å². The van der Waals surface area contributed by atoms with Gasteiger partial charge >= 0.3 is 5.97 Å². The monoisotopic (exact) mass is 275 g/mol. The summed E-state index contributed by atoms with van der Waals surface area (Å²) in [5.74, 6) is -3.47. The van der Waals surface area contributed by atoms with E-state index in [0.29, 0.717) is 0 Å². The molecule has 0 aliphatic heterocycles. The molecule has 1 unspecified atom stereocenters. The van der Waals surface area contributed by atoms with Crippen LogP contribution in [0.15, 0.2) is 12.1 Å². The van der Waals surface area contributed by atoms with E-state index in [1.165, 1.54) is 13.2 Å². The predicted octanol–water partition coefficient (Wildman–Crippen LogP) is 1.17. The molecule has 1 aromatic carbocycles. The predicted molar refractivity (Wildman–Crippen MR) is 64.1 cm³/mol. The van der Waals surface area contributed by atoms with Crippen LogP contribution in [0.5, 0.6) is 0 Å². The molecular formula is C12H15F2NO4. The third kappa shape index (κ3) is 3.62. The van der Waals surface area contributed by atoms with Gasteiger partial charge < -0.3 is 19.9 Å². The Morgan fingerprint density at radius 2 is 2.05 bits per heavy atom. The zero-order chi connectivity index (χ0) is 14.4. The second-order valence-electron chi connectivity index (χ2n) is 3.76. The lowest BCUT2D eigenvalue weighted by Crippen LogP contribution is -2.29. The average Bonchev–Trinajstić information content (AvgIpc) is 2.42. The maximum atomic E-state index is 13.7. The zero-order valence-electron chi connectivity index (χ0n) is 10.6. The van der Waals surface area contributed by atoms with Crippen molar-refractivity contribution in [2.75, 3.05) is 32.8 Å². The summed E-state index contributed by atoms with van der Waals surface area (Å²) in [6, 6.07) is 1.72. The Morgan fingerprint density at radius 3 is 2.58 bits per heavy atom. The number of carbonyl (C=O) groups is 1.